The monoisotopic (exact) mass is 249 g/mol. The van der Waals surface area contributed by atoms with Crippen LogP contribution >= 0.6 is 0 Å². The van der Waals surface area contributed by atoms with E-state index in [2.05, 4.69) is 17.4 Å². The quantitative estimate of drug-likeness (QED) is 0.870. The maximum atomic E-state index is 5.62. The van der Waals surface area contributed by atoms with Crippen LogP contribution in [0.3, 0.4) is 0 Å². The summed E-state index contributed by atoms with van der Waals surface area (Å²) in [5.41, 5.74) is 1.29. The van der Waals surface area contributed by atoms with Gasteiger partial charge in [0.2, 0.25) is 0 Å². The van der Waals surface area contributed by atoms with Gasteiger partial charge in [0.15, 0.2) is 0 Å². The number of hydrogen-bond donors (Lipinski definition) is 1. The van der Waals surface area contributed by atoms with E-state index in [1.165, 1.54) is 18.4 Å². The molecule has 0 amide bonds. The molecule has 0 aliphatic carbocycles. The van der Waals surface area contributed by atoms with E-state index in [9.17, 15) is 0 Å². The minimum Gasteiger partial charge on any atom is -0.491 e. The molecule has 1 unspecified atom stereocenters. The lowest BCUT2D eigenvalue weighted by Crippen LogP contribution is -2.36. The molecule has 0 spiro atoms. The first-order valence-electron chi connectivity index (χ1n) is 6.81. The normalized spacial score (nSPS) is 20.1. The number of hydrogen-bond acceptors (Lipinski definition) is 3. The first kappa shape index (κ1) is 13.4. The van der Waals surface area contributed by atoms with Crippen molar-refractivity contribution in [1.29, 1.82) is 0 Å². The fourth-order valence-corrected chi connectivity index (χ4v) is 2.12. The Balaban J connectivity index is 1.78. The topological polar surface area (TPSA) is 30.5 Å². The summed E-state index contributed by atoms with van der Waals surface area (Å²) in [6.45, 7) is 6.74. The van der Waals surface area contributed by atoms with Gasteiger partial charge < -0.3 is 14.8 Å². The second-order valence-corrected chi connectivity index (χ2v) is 5.11. The van der Waals surface area contributed by atoms with Crippen LogP contribution in [0.2, 0.25) is 0 Å². The molecular weight excluding hydrogens is 226 g/mol. The lowest BCUT2D eigenvalue weighted by Gasteiger charge is -2.23. The van der Waals surface area contributed by atoms with Gasteiger partial charge in [0.1, 0.15) is 5.75 Å². The number of benzene rings is 1. The van der Waals surface area contributed by atoms with Crippen LogP contribution in [0.25, 0.3) is 0 Å². The van der Waals surface area contributed by atoms with E-state index in [4.69, 9.17) is 9.47 Å². The summed E-state index contributed by atoms with van der Waals surface area (Å²) in [5.74, 6) is 0.940. The van der Waals surface area contributed by atoms with Crippen LogP contribution in [-0.4, -0.2) is 25.4 Å². The Morgan fingerprint density at radius 2 is 2.11 bits per heavy atom. The van der Waals surface area contributed by atoms with Crippen LogP contribution in [0, 0.1) is 0 Å². The molecule has 1 N–H and O–H groups in total. The van der Waals surface area contributed by atoms with Crippen LogP contribution in [-0.2, 0) is 11.3 Å². The molecule has 1 fully saturated rings. The van der Waals surface area contributed by atoms with Crippen molar-refractivity contribution in [3.8, 4) is 5.75 Å². The number of nitrogens with one attached hydrogen (secondary N) is 1. The van der Waals surface area contributed by atoms with Crippen molar-refractivity contribution >= 4 is 0 Å². The van der Waals surface area contributed by atoms with Crippen LogP contribution < -0.4 is 10.1 Å². The summed E-state index contributed by atoms with van der Waals surface area (Å²) in [4.78, 5) is 0. The first-order chi connectivity index (χ1) is 8.74. The minimum absolute atomic E-state index is 0.230. The molecule has 0 bridgehead atoms. The predicted octanol–water partition coefficient (Wildman–Crippen LogP) is 2.74. The first-order valence-corrected chi connectivity index (χ1v) is 6.81. The smallest absolute Gasteiger partial charge is 0.119 e. The highest BCUT2D eigenvalue weighted by atomic mass is 16.5. The van der Waals surface area contributed by atoms with Gasteiger partial charge >= 0.3 is 0 Å². The molecular formula is C15H23NO2. The summed E-state index contributed by atoms with van der Waals surface area (Å²) in [5, 5.41) is 3.53. The Labute approximate surface area is 109 Å². The van der Waals surface area contributed by atoms with Crippen molar-refractivity contribution in [2.45, 2.75) is 45.4 Å². The van der Waals surface area contributed by atoms with Crippen molar-refractivity contribution in [3.63, 3.8) is 0 Å². The SMILES string of the molecule is CC(C)Oc1ccc(CNC2CCCOC2)cc1. The maximum absolute atomic E-state index is 5.62. The number of rotatable bonds is 5. The van der Waals surface area contributed by atoms with E-state index >= 15 is 0 Å². The molecule has 1 atom stereocenters. The lowest BCUT2D eigenvalue weighted by atomic mass is 10.1. The molecule has 1 aromatic rings. The molecule has 1 saturated heterocycles. The molecule has 2 rings (SSSR count). The summed E-state index contributed by atoms with van der Waals surface area (Å²) < 4.78 is 11.1. The van der Waals surface area contributed by atoms with Gasteiger partial charge in [-0.2, -0.15) is 0 Å². The average molecular weight is 249 g/mol. The van der Waals surface area contributed by atoms with Gasteiger partial charge in [-0.05, 0) is 44.4 Å². The van der Waals surface area contributed by atoms with E-state index in [0.717, 1.165) is 25.5 Å². The van der Waals surface area contributed by atoms with E-state index in [1.807, 2.05) is 26.0 Å². The van der Waals surface area contributed by atoms with Gasteiger partial charge in [-0.15, -0.1) is 0 Å². The Hall–Kier alpha value is -1.06. The van der Waals surface area contributed by atoms with Crippen molar-refractivity contribution in [1.82, 2.24) is 5.32 Å². The van der Waals surface area contributed by atoms with Crippen molar-refractivity contribution in [2.75, 3.05) is 13.2 Å². The highest BCUT2D eigenvalue weighted by Gasteiger charge is 2.12. The Morgan fingerprint density at radius 3 is 2.72 bits per heavy atom. The van der Waals surface area contributed by atoms with E-state index < -0.39 is 0 Å². The zero-order valence-electron chi connectivity index (χ0n) is 11.3. The van der Waals surface area contributed by atoms with Crippen molar-refractivity contribution in [3.05, 3.63) is 29.8 Å². The van der Waals surface area contributed by atoms with Crippen molar-refractivity contribution < 1.29 is 9.47 Å². The summed E-state index contributed by atoms with van der Waals surface area (Å²) in [7, 11) is 0. The number of ether oxygens (including phenoxy) is 2. The largest absolute Gasteiger partial charge is 0.491 e. The fourth-order valence-electron chi connectivity index (χ4n) is 2.12. The molecule has 1 aliphatic heterocycles. The summed E-state index contributed by atoms with van der Waals surface area (Å²) in [6, 6.07) is 8.82. The second kappa shape index (κ2) is 6.76. The third-order valence-electron chi connectivity index (χ3n) is 3.05. The standard InChI is InChI=1S/C15H23NO2/c1-12(2)18-15-7-5-13(6-8-15)10-16-14-4-3-9-17-11-14/h5-8,12,14,16H,3-4,9-11H2,1-2H3. The van der Waals surface area contributed by atoms with Crippen LogP contribution in [0.1, 0.15) is 32.3 Å². The van der Waals surface area contributed by atoms with E-state index in [0.29, 0.717) is 6.04 Å². The van der Waals surface area contributed by atoms with Crippen LogP contribution in [0.4, 0.5) is 0 Å². The van der Waals surface area contributed by atoms with Gasteiger partial charge in [-0.25, -0.2) is 0 Å². The van der Waals surface area contributed by atoms with Gasteiger partial charge in [0.05, 0.1) is 12.7 Å². The zero-order chi connectivity index (χ0) is 12.8. The van der Waals surface area contributed by atoms with Crippen molar-refractivity contribution in [2.24, 2.45) is 0 Å². The molecule has 1 heterocycles. The van der Waals surface area contributed by atoms with Gasteiger partial charge in [-0.3, -0.25) is 0 Å². The molecule has 0 saturated carbocycles. The van der Waals surface area contributed by atoms with Gasteiger partial charge in [0.25, 0.3) is 0 Å². The Morgan fingerprint density at radius 1 is 1.33 bits per heavy atom. The molecule has 0 aromatic heterocycles. The van der Waals surface area contributed by atoms with Crippen LogP contribution in [0.5, 0.6) is 5.75 Å². The third kappa shape index (κ3) is 4.31. The molecule has 100 valence electrons. The second-order valence-electron chi connectivity index (χ2n) is 5.11. The molecule has 18 heavy (non-hydrogen) atoms. The maximum Gasteiger partial charge on any atom is 0.119 e. The van der Waals surface area contributed by atoms with E-state index in [1.54, 1.807) is 0 Å². The summed E-state index contributed by atoms with van der Waals surface area (Å²) in [6.07, 6.45) is 2.61. The highest BCUT2D eigenvalue weighted by molar-refractivity contribution is 5.27. The lowest BCUT2D eigenvalue weighted by molar-refractivity contribution is 0.0699. The molecule has 3 nitrogen and oxygen atoms in total. The third-order valence-corrected chi connectivity index (χ3v) is 3.05. The molecule has 3 heteroatoms. The Kier molecular flexibility index (Phi) is 5.02. The highest BCUT2D eigenvalue weighted by Crippen LogP contribution is 2.14. The minimum atomic E-state index is 0.230. The molecule has 1 aliphatic rings. The summed E-state index contributed by atoms with van der Waals surface area (Å²) >= 11 is 0. The van der Waals surface area contributed by atoms with Gasteiger partial charge in [0, 0.05) is 19.2 Å². The van der Waals surface area contributed by atoms with Gasteiger partial charge in [-0.1, -0.05) is 12.1 Å². The van der Waals surface area contributed by atoms with E-state index in [-0.39, 0.29) is 6.10 Å². The predicted molar refractivity (Wildman–Crippen MR) is 72.9 cm³/mol. The Bertz CT molecular complexity index is 342. The average Bonchev–Trinajstić information content (AvgIpc) is 2.38. The molecule has 0 radical (unpaired) electrons. The van der Waals surface area contributed by atoms with Crippen LogP contribution in [0.15, 0.2) is 24.3 Å². The molecule has 1 aromatic carbocycles. The fraction of sp³-hybridized carbons (Fsp3) is 0.600. The zero-order valence-corrected chi connectivity index (χ0v) is 11.3.